The Labute approximate surface area is 102 Å². The lowest BCUT2D eigenvalue weighted by Crippen LogP contribution is -2.07. The van der Waals surface area contributed by atoms with Gasteiger partial charge in [0, 0.05) is 17.7 Å². The van der Waals surface area contributed by atoms with Crippen molar-refractivity contribution in [1.82, 2.24) is 0 Å². The van der Waals surface area contributed by atoms with Crippen LogP contribution in [0.25, 0.3) is 0 Å². The van der Waals surface area contributed by atoms with E-state index in [1.807, 2.05) is 0 Å². The number of halogens is 1. The van der Waals surface area contributed by atoms with Gasteiger partial charge in [-0.25, -0.2) is 4.79 Å². The maximum Gasteiger partial charge on any atom is 0.341 e. The van der Waals surface area contributed by atoms with E-state index in [0.717, 1.165) is 6.07 Å². The third kappa shape index (κ3) is 2.65. The number of alkyl halides is 1. The number of benzene rings is 1. The van der Waals surface area contributed by atoms with Crippen molar-refractivity contribution in [3.05, 3.63) is 33.4 Å². The number of hydrogen-bond acceptors (Lipinski definition) is 5. The lowest BCUT2D eigenvalue weighted by Gasteiger charge is -2.10. The van der Waals surface area contributed by atoms with Crippen LogP contribution in [0.15, 0.2) is 12.1 Å². The Morgan fingerprint density at radius 2 is 2.12 bits per heavy atom. The second-order valence-electron chi connectivity index (χ2n) is 3.07. The van der Waals surface area contributed by atoms with Crippen LogP contribution in [0.2, 0.25) is 0 Å². The van der Waals surface area contributed by atoms with Crippen LogP contribution >= 0.6 is 11.6 Å². The molecule has 1 aromatic rings. The number of non-ortho nitro benzene ring substituents is 1. The molecule has 0 saturated carbocycles. The molecule has 0 heterocycles. The van der Waals surface area contributed by atoms with Crippen molar-refractivity contribution in [3.8, 4) is 5.75 Å². The molecule has 0 aromatic heterocycles. The minimum absolute atomic E-state index is 0.00511. The van der Waals surface area contributed by atoms with Crippen LogP contribution in [0, 0.1) is 10.1 Å². The van der Waals surface area contributed by atoms with E-state index in [0.29, 0.717) is 5.56 Å². The topological polar surface area (TPSA) is 78.7 Å². The summed E-state index contributed by atoms with van der Waals surface area (Å²) in [6.45, 7) is 0. The van der Waals surface area contributed by atoms with Gasteiger partial charge >= 0.3 is 5.97 Å². The van der Waals surface area contributed by atoms with Crippen LogP contribution < -0.4 is 4.74 Å². The Bertz CT molecular complexity index is 460. The molecule has 7 heteroatoms. The average molecular weight is 260 g/mol. The Balaban J connectivity index is 3.47. The largest absolute Gasteiger partial charge is 0.496 e. The molecule has 0 aliphatic rings. The zero-order chi connectivity index (χ0) is 13.0. The lowest BCUT2D eigenvalue weighted by atomic mass is 10.1. The third-order valence-electron chi connectivity index (χ3n) is 2.11. The molecule has 92 valence electrons. The van der Waals surface area contributed by atoms with Gasteiger partial charge in [-0.05, 0) is 0 Å². The van der Waals surface area contributed by atoms with Crippen LogP contribution in [0.4, 0.5) is 5.69 Å². The van der Waals surface area contributed by atoms with Gasteiger partial charge in [0.05, 0.1) is 25.0 Å². The molecule has 0 atom stereocenters. The Kier molecular flexibility index (Phi) is 4.28. The minimum atomic E-state index is -0.711. The number of methoxy groups -OCH3 is 2. The summed E-state index contributed by atoms with van der Waals surface area (Å²) in [6.07, 6.45) is 0. The summed E-state index contributed by atoms with van der Waals surface area (Å²) in [6, 6.07) is 2.36. The van der Waals surface area contributed by atoms with Gasteiger partial charge in [-0.15, -0.1) is 11.6 Å². The number of hydrogen-bond donors (Lipinski definition) is 0. The average Bonchev–Trinajstić information content (AvgIpc) is 2.35. The molecular formula is C10H10ClNO5. The van der Waals surface area contributed by atoms with Crippen molar-refractivity contribution in [1.29, 1.82) is 0 Å². The molecule has 1 aromatic carbocycles. The van der Waals surface area contributed by atoms with Crippen molar-refractivity contribution in [2.45, 2.75) is 5.88 Å². The van der Waals surface area contributed by atoms with E-state index in [2.05, 4.69) is 4.74 Å². The fraction of sp³-hybridized carbons (Fsp3) is 0.300. The van der Waals surface area contributed by atoms with E-state index in [1.54, 1.807) is 0 Å². The normalized spacial score (nSPS) is 9.82. The first kappa shape index (κ1) is 13.2. The number of rotatable bonds is 4. The van der Waals surface area contributed by atoms with E-state index in [-0.39, 0.29) is 22.9 Å². The van der Waals surface area contributed by atoms with E-state index in [4.69, 9.17) is 16.3 Å². The van der Waals surface area contributed by atoms with Gasteiger partial charge in [-0.1, -0.05) is 0 Å². The fourth-order valence-corrected chi connectivity index (χ4v) is 1.58. The number of nitro groups is 1. The van der Waals surface area contributed by atoms with Crippen molar-refractivity contribution in [3.63, 3.8) is 0 Å². The first-order valence-electron chi connectivity index (χ1n) is 4.54. The zero-order valence-corrected chi connectivity index (χ0v) is 9.98. The Hall–Kier alpha value is -1.82. The van der Waals surface area contributed by atoms with Gasteiger partial charge in [-0.2, -0.15) is 0 Å². The first-order valence-corrected chi connectivity index (χ1v) is 5.08. The minimum Gasteiger partial charge on any atom is -0.496 e. The highest BCUT2D eigenvalue weighted by atomic mass is 35.5. The fourth-order valence-electron chi connectivity index (χ4n) is 1.38. The molecule has 0 bridgehead atoms. The van der Waals surface area contributed by atoms with Gasteiger partial charge in [0.15, 0.2) is 0 Å². The number of esters is 1. The number of nitro benzene ring substituents is 1. The van der Waals surface area contributed by atoms with Gasteiger partial charge in [-0.3, -0.25) is 10.1 Å². The quantitative estimate of drug-likeness (QED) is 0.358. The summed E-state index contributed by atoms with van der Waals surface area (Å²) in [5.41, 5.74) is 0.116. The maximum atomic E-state index is 11.5. The summed E-state index contributed by atoms with van der Waals surface area (Å²) in [5.74, 6) is -0.524. The summed E-state index contributed by atoms with van der Waals surface area (Å²) < 4.78 is 9.55. The Morgan fingerprint density at radius 1 is 1.47 bits per heavy atom. The summed E-state index contributed by atoms with van der Waals surface area (Å²) in [7, 11) is 2.53. The van der Waals surface area contributed by atoms with Gasteiger partial charge in [0.25, 0.3) is 5.69 Å². The second-order valence-corrected chi connectivity index (χ2v) is 3.34. The monoisotopic (exact) mass is 259 g/mol. The standard InChI is InChI=1S/C10H10ClNO5/c1-16-9-6(5-11)3-7(12(14)15)4-8(9)10(13)17-2/h3-4H,5H2,1-2H3. The first-order chi connectivity index (χ1) is 8.04. The van der Waals surface area contributed by atoms with Gasteiger partial charge < -0.3 is 9.47 Å². The van der Waals surface area contributed by atoms with Gasteiger partial charge in [0.2, 0.25) is 0 Å². The van der Waals surface area contributed by atoms with Gasteiger partial charge in [0.1, 0.15) is 11.3 Å². The predicted octanol–water partition coefficient (Wildman–Crippen LogP) is 2.13. The van der Waals surface area contributed by atoms with Crippen molar-refractivity contribution >= 4 is 23.3 Å². The summed E-state index contributed by atoms with van der Waals surface area (Å²) in [5, 5.41) is 10.7. The molecule has 0 aliphatic carbocycles. The van der Waals surface area contributed by atoms with Crippen molar-refractivity contribution < 1.29 is 19.2 Å². The predicted molar refractivity (Wildman–Crippen MR) is 60.5 cm³/mol. The van der Waals surface area contributed by atoms with Crippen LogP contribution in [0.1, 0.15) is 15.9 Å². The second kappa shape index (κ2) is 5.49. The lowest BCUT2D eigenvalue weighted by molar-refractivity contribution is -0.385. The number of nitrogens with zero attached hydrogens (tertiary/aromatic N) is 1. The SMILES string of the molecule is COC(=O)c1cc([N+](=O)[O-])cc(CCl)c1OC. The van der Waals surface area contributed by atoms with E-state index in [1.165, 1.54) is 20.3 Å². The molecule has 0 saturated heterocycles. The maximum absolute atomic E-state index is 11.5. The van der Waals surface area contributed by atoms with E-state index >= 15 is 0 Å². The Morgan fingerprint density at radius 3 is 2.53 bits per heavy atom. The molecule has 0 spiro atoms. The highest BCUT2D eigenvalue weighted by Gasteiger charge is 2.21. The number of ether oxygens (including phenoxy) is 2. The zero-order valence-electron chi connectivity index (χ0n) is 9.23. The molecule has 17 heavy (non-hydrogen) atoms. The van der Waals surface area contributed by atoms with Crippen LogP contribution in [-0.4, -0.2) is 25.1 Å². The van der Waals surface area contributed by atoms with Crippen LogP contribution in [0.3, 0.4) is 0 Å². The molecule has 0 fully saturated rings. The van der Waals surface area contributed by atoms with Crippen LogP contribution in [0.5, 0.6) is 5.75 Å². The summed E-state index contributed by atoms with van der Waals surface area (Å²) >= 11 is 5.65. The van der Waals surface area contributed by atoms with Crippen LogP contribution in [-0.2, 0) is 10.6 Å². The molecule has 0 amide bonds. The molecule has 0 unspecified atom stereocenters. The molecule has 6 nitrogen and oxygen atoms in total. The number of carbonyl (C=O) groups excluding carboxylic acids is 1. The molecule has 1 rings (SSSR count). The van der Waals surface area contributed by atoms with Crippen molar-refractivity contribution in [2.75, 3.05) is 14.2 Å². The molecular weight excluding hydrogens is 250 g/mol. The molecule has 0 aliphatic heterocycles. The smallest absolute Gasteiger partial charge is 0.341 e. The molecule has 0 radical (unpaired) electrons. The third-order valence-corrected chi connectivity index (χ3v) is 2.40. The highest BCUT2D eigenvalue weighted by Crippen LogP contribution is 2.31. The molecule has 0 N–H and O–H groups in total. The van der Waals surface area contributed by atoms with Crippen molar-refractivity contribution in [2.24, 2.45) is 0 Å². The van der Waals surface area contributed by atoms with E-state index in [9.17, 15) is 14.9 Å². The summed E-state index contributed by atoms with van der Waals surface area (Å²) in [4.78, 5) is 21.6. The highest BCUT2D eigenvalue weighted by molar-refractivity contribution is 6.17. The number of carbonyl (C=O) groups is 1. The van der Waals surface area contributed by atoms with E-state index < -0.39 is 10.9 Å².